The second-order valence-corrected chi connectivity index (χ2v) is 6.18. The number of guanidine groups is 1. The molecule has 0 fully saturated rings. The largest absolute Gasteiger partial charge is 0.354 e. The van der Waals surface area contributed by atoms with Crippen molar-refractivity contribution >= 4 is 60.0 Å². The molecule has 29 heavy (non-hydrogen) atoms. The van der Waals surface area contributed by atoms with E-state index in [4.69, 9.17) is 0 Å². The molecule has 0 aromatic heterocycles. The average Bonchev–Trinajstić information content (AvgIpc) is 3.38. The number of aliphatic imine (C=N–C) groups is 2. The van der Waals surface area contributed by atoms with Crippen LogP contribution in [0.4, 0.5) is 17.1 Å². The standard InChI is InChI=1S/C19H21N7O.2ClH/c27-17(13-1-3-15(4-2-13)25-18-20-9-10-21-18)24-14-5-7-16(8-6-14)26-19-22-11-12-23-19;;/h1-9,18,21,25H,10-12H2,(H,24,27)(H2,22,23,26);2*1H. The number of nitrogens with one attached hydrogen (secondary N) is 5. The van der Waals surface area contributed by atoms with E-state index in [-0.39, 0.29) is 37.0 Å². The highest BCUT2D eigenvalue weighted by atomic mass is 35.5. The number of nitrogens with zero attached hydrogens (tertiary/aromatic N) is 2. The SMILES string of the molecule is Cl.Cl.O=C(Nc1ccc(NC2=NCCN2)cc1)c1ccc(NC2N=CCN2)cc1. The fraction of sp³-hybridized carbons (Fsp3) is 0.211. The van der Waals surface area contributed by atoms with Crippen molar-refractivity contribution in [3.8, 4) is 0 Å². The van der Waals surface area contributed by atoms with Gasteiger partial charge in [-0.25, -0.2) is 0 Å². The Kier molecular flexibility index (Phi) is 8.26. The molecule has 2 aliphatic heterocycles. The van der Waals surface area contributed by atoms with Crippen molar-refractivity contribution in [2.45, 2.75) is 6.29 Å². The first-order valence-corrected chi connectivity index (χ1v) is 8.85. The summed E-state index contributed by atoms with van der Waals surface area (Å²) in [5, 5.41) is 15.7. The molecule has 1 unspecified atom stereocenters. The van der Waals surface area contributed by atoms with Crippen molar-refractivity contribution in [1.82, 2.24) is 10.6 Å². The molecule has 0 spiro atoms. The first kappa shape index (κ1) is 22.5. The van der Waals surface area contributed by atoms with E-state index in [1.807, 2.05) is 42.6 Å². The van der Waals surface area contributed by atoms with Crippen LogP contribution in [0, 0.1) is 0 Å². The monoisotopic (exact) mass is 435 g/mol. The van der Waals surface area contributed by atoms with Crippen LogP contribution in [0.3, 0.4) is 0 Å². The zero-order valence-electron chi connectivity index (χ0n) is 15.5. The molecule has 0 saturated carbocycles. The number of halogens is 2. The third-order valence-corrected chi connectivity index (χ3v) is 4.19. The van der Waals surface area contributed by atoms with Crippen LogP contribution < -0.4 is 26.6 Å². The van der Waals surface area contributed by atoms with Gasteiger partial charge in [0.05, 0.1) is 6.54 Å². The van der Waals surface area contributed by atoms with E-state index in [1.54, 1.807) is 12.1 Å². The Hall–Kier alpha value is -2.81. The van der Waals surface area contributed by atoms with Crippen LogP contribution in [-0.4, -0.2) is 44.0 Å². The van der Waals surface area contributed by atoms with Crippen LogP contribution >= 0.6 is 24.8 Å². The lowest BCUT2D eigenvalue weighted by atomic mass is 10.2. The summed E-state index contributed by atoms with van der Waals surface area (Å²) in [6.45, 7) is 2.40. The van der Waals surface area contributed by atoms with E-state index < -0.39 is 0 Å². The van der Waals surface area contributed by atoms with Gasteiger partial charge in [-0.2, -0.15) is 0 Å². The Balaban J connectivity index is 0.00000150. The van der Waals surface area contributed by atoms with E-state index >= 15 is 0 Å². The molecule has 2 aliphatic rings. The molecule has 8 nitrogen and oxygen atoms in total. The quantitative estimate of drug-likeness (QED) is 0.496. The minimum Gasteiger partial charge on any atom is -0.354 e. The van der Waals surface area contributed by atoms with Crippen molar-refractivity contribution in [3.63, 3.8) is 0 Å². The van der Waals surface area contributed by atoms with Crippen molar-refractivity contribution < 1.29 is 4.79 Å². The number of hydrogen-bond donors (Lipinski definition) is 5. The molecule has 154 valence electrons. The molecule has 4 rings (SSSR count). The normalized spacial score (nSPS) is 16.7. The Morgan fingerprint density at radius 1 is 0.966 bits per heavy atom. The Morgan fingerprint density at radius 2 is 1.66 bits per heavy atom. The van der Waals surface area contributed by atoms with E-state index in [0.29, 0.717) is 5.56 Å². The van der Waals surface area contributed by atoms with Crippen molar-refractivity contribution in [3.05, 3.63) is 54.1 Å². The number of anilines is 3. The van der Waals surface area contributed by atoms with Crippen LogP contribution in [0.25, 0.3) is 0 Å². The van der Waals surface area contributed by atoms with Gasteiger partial charge >= 0.3 is 0 Å². The van der Waals surface area contributed by atoms with Crippen LogP contribution in [0.2, 0.25) is 0 Å². The van der Waals surface area contributed by atoms with E-state index in [1.165, 1.54) is 0 Å². The van der Waals surface area contributed by atoms with Crippen LogP contribution in [-0.2, 0) is 0 Å². The third-order valence-electron chi connectivity index (χ3n) is 4.19. The minimum atomic E-state index is -0.152. The molecule has 10 heteroatoms. The zero-order valence-corrected chi connectivity index (χ0v) is 17.1. The Bertz CT molecular complexity index is 869. The number of carbonyl (C=O) groups is 1. The Labute approximate surface area is 181 Å². The summed E-state index contributed by atoms with van der Waals surface area (Å²) in [6.07, 6.45) is 1.72. The van der Waals surface area contributed by atoms with Gasteiger partial charge in [-0.1, -0.05) is 0 Å². The molecule has 2 aromatic rings. The number of hydrogen-bond acceptors (Lipinski definition) is 7. The van der Waals surface area contributed by atoms with Gasteiger partial charge in [0, 0.05) is 41.9 Å². The molecule has 0 bridgehead atoms. The molecule has 0 aliphatic carbocycles. The summed E-state index contributed by atoms with van der Waals surface area (Å²) < 4.78 is 0. The highest BCUT2D eigenvalue weighted by Gasteiger charge is 2.10. The molecule has 0 saturated heterocycles. The van der Waals surface area contributed by atoms with Gasteiger partial charge in [-0.15, -0.1) is 24.8 Å². The second kappa shape index (κ2) is 10.7. The predicted molar refractivity (Wildman–Crippen MR) is 123 cm³/mol. The summed E-state index contributed by atoms with van der Waals surface area (Å²) in [6, 6.07) is 14.8. The average molecular weight is 436 g/mol. The number of amides is 1. The zero-order chi connectivity index (χ0) is 18.5. The summed E-state index contributed by atoms with van der Waals surface area (Å²) in [4.78, 5) is 21.0. The molecule has 2 heterocycles. The van der Waals surface area contributed by atoms with Crippen LogP contribution in [0.15, 0.2) is 58.5 Å². The molecule has 5 N–H and O–H groups in total. The number of carbonyl (C=O) groups excluding carboxylic acids is 1. The highest BCUT2D eigenvalue weighted by molar-refractivity contribution is 6.04. The van der Waals surface area contributed by atoms with E-state index in [0.717, 1.165) is 42.7 Å². The van der Waals surface area contributed by atoms with Gasteiger partial charge in [0.15, 0.2) is 12.2 Å². The van der Waals surface area contributed by atoms with Crippen molar-refractivity contribution in [1.29, 1.82) is 0 Å². The van der Waals surface area contributed by atoms with Gasteiger partial charge in [-0.05, 0) is 48.5 Å². The predicted octanol–water partition coefficient (Wildman–Crippen LogP) is 2.52. The third kappa shape index (κ3) is 6.08. The first-order valence-electron chi connectivity index (χ1n) is 8.85. The molecule has 2 aromatic carbocycles. The number of rotatable bonds is 5. The first-order chi connectivity index (χ1) is 13.3. The lowest BCUT2D eigenvalue weighted by molar-refractivity contribution is 0.102. The van der Waals surface area contributed by atoms with Gasteiger partial charge in [0.1, 0.15) is 0 Å². The van der Waals surface area contributed by atoms with Crippen molar-refractivity contribution in [2.75, 3.05) is 35.6 Å². The lowest BCUT2D eigenvalue weighted by Gasteiger charge is -2.12. The van der Waals surface area contributed by atoms with Crippen LogP contribution in [0.5, 0.6) is 0 Å². The van der Waals surface area contributed by atoms with Gasteiger partial charge < -0.3 is 21.3 Å². The highest BCUT2D eigenvalue weighted by Crippen LogP contribution is 2.16. The number of benzene rings is 2. The fourth-order valence-corrected chi connectivity index (χ4v) is 2.80. The Morgan fingerprint density at radius 3 is 2.28 bits per heavy atom. The maximum Gasteiger partial charge on any atom is 0.255 e. The molecular formula is C19H23Cl2N7O. The molecule has 1 amide bonds. The van der Waals surface area contributed by atoms with Gasteiger partial charge in [0.25, 0.3) is 5.91 Å². The van der Waals surface area contributed by atoms with Gasteiger partial charge in [0.2, 0.25) is 0 Å². The lowest BCUT2D eigenvalue weighted by Crippen LogP contribution is -2.30. The van der Waals surface area contributed by atoms with Crippen molar-refractivity contribution in [2.24, 2.45) is 9.98 Å². The van der Waals surface area contributed by atoms with E-state index in [2.05, 4.69) is 36.6 Å². The van der Waals surface area contributed by atoms with E-state index in [9.17, 15) is 4.79 Å². The molecule has 0 radical (unpaired) electrons. The summed E-state index contributed by atoms with van der Waals surface area (Å²) in [5.74, 6) is 0.625. The minimum absolute atomic E-state index is 0. The maximum absolute atomic E-state index is 12.4. The summed E-state index contributed by atoms with van der Waals surface area (Å²) in [7, 11) is 0. The smallest absolute Gasteiger partial charge is 0.255 e. The molecular weight excluding hydrogens is 413 g/mol. The summed E-state index contributed by atoms with van der Waals surface area (Å²) >= 11 is 0. The summed E-state index contributed by atoms with van der Waals surface area (Å²) in [5.41, 5.74) is 3.15. The molecule has 1 atom stereocenters. The topological polar surface area (TPSA) is 102 Å². The van der Waals surface area contributed by atoms with Gasteiger partial charge in [-0.3, -0.25) is 20.1 Å². The second-order valence-electron chi connectivity index (χ2n) is 6.18. The maximum atomic E-state index is 12.4. The fourth-order valence-electron chi connectivity index (χ4n) is 2.80. The van der Waals surface area contributed by atoms with Crippen LogP contribution in [0.1, 0.15) is 10.4 Å².